The number of rotatable bonds is 7. The summed E-state index contributed by atoms with van der Waals surface area (Å²) in [7, 11) is 1.93. The SMILES string of the molecule is CCCn1c(SCC(=O)O)nnc1N(C)c1ccccc1. The molecular weight excluding hydrogens is 288 g/mol. The second kappa shape index (κ2) is 7.12. The van der Waals surface area contributed by atoms with E-state index in [1.165, 1.54) is 11.8 Å². The van der Waals surface area contributed by atoms with Crippen LogP contribution in [0.25, 0.3) is 0 Å². The molecule has 0 saturated carbocycles. The highest BCUT2D eigenvalue weighted by Gasteiger charge is 2.17. The maximum absolute atomic E-state index is 10.7. The first kappa shape index (κ1) is 15.4. The Balaban J connectivity index is 2.28. The van der Waals surface area contributed by atoms with Gasteiger partial charge in [0.2, 0.25) is 5.95 Å². The van der Waals surface area contributed by atoms with Gasteiger partial charge in [-0.25, -0.2) is 0 Å². The Morgan fingerprint density at radius 1 is 1.33 bits per heavy atom. The summed E-state index contributed by atoms with van der Waals surface area (Å²) in [5, 5.41) is 17.8. The summed E-state index contributed by atoms with van der Waals surface area (Å²) in [5.74, 6) is -0.156. The molecule has 0 aliphatic rings. The predicted molar refractivity (Wildman–Crippen MR) is 83.2 cm³/mol. The number of nitrogens with zero attached hydrogens (tertiary/aromatic N) is 4. The van der Waals surface area contributed by atoms with Gasteiger partial charge in [-0.1, -0.05) is 36.9 Å². The number of carboxylic acid groups (broad SMARTS) is 1. The number of carboxylic acids is 1. The third-order valence-corrected chi connectivity index (χ3v) is 3.86. The fraction of sp³-hybridized carbons (Fsp3) is 0.357. The molecule has 0 amide bonds. The van der Waals surface area contributed by atoms with Crippen molar-refractivity contribution in [2.45, 2.75) is 25.0 Å². The van der Waals surface area contributed by atoms with Gasteiger partial charge < -0.3 is 10.0 Å². The van der Waals surface area contributed by atoms with Crippen LogP contribution in [0.5, 0.6) is 0 Å². The largest absolute Gasteiger partial charge is 0.481 e. The summed E-state index contributed by atoms with van der Waals surface area (Å²) >= 11 is 1.19. The number of para-hydroxylation sites is 1. The zero-order valence-electron chi connectivity index (χ0n) is 12.1. The van der Waals surface area contributed by atoms with Gasteiger partial charge in [-0.15, -0.1) is 10.2 Å². The molecule has 7 heteroatoms. The normalized spacial score (nSPS) is 10.6. The van der Waals surface area contributed by atoms with Gasteiger partial charge in [-0.3, -0.25) is 9.36 Å². The van der Waals surface area contributed by atoms with Crippen molar-refractivity contribution in [1.29, 1.82) is 0 Å². The van der Waals surface area contributed by atoms with E-state index in [4.69, 9.17) is 5.11 Å². The number of aromatic nitrogens is 3. The van der Waals surface area contributed by atoms with Gasteiger partial charge in [-0.05, 0) is 18.6 Å². The molecule has 1 N–H and O–H groups in total. The van der Waals surface area contributed by atoms with E-state index in [-0.39, 0.29) is 5.75 Å². The van der Waals surface area contributed by atoms with Gasteiger partial charge in [-0.2, -0.15) is 0 Å². The molecule has 1 aromatic heterocycles. The van der Waals surface area contributed by atoms with Crippen LogP contribution in [-0.2, 0) is 11.3 Å². The van der Waals surface area contributed by atoms with Crippen LogP contribution in [0, 0.1) is 0 Å². The monoisotopic (exact) mass is 306 g/mol. The van der Waals surface area contributed by atoms with E-state index in [9.17, 15) is 4.79 Å². The molecule has 0 bridgehead atoms. The van der Waals surface area contributed by atoms with E-state index in [1.807, 2.05) is 46.8 Å². The maximum atomic E-state index is 10.7. The standard InChI is InChI=1S/C14H18N4O2S/c1-3-9-18-13(15-16-14(18)21-10-12(19)20)17(2)11-7-5-4-6-8-11/h4-8H,3,9-10H2,1-2H3,(H,19,20). The molecule has 0 fully saturated rings. The number of anilines is 2. The smallest absolute Gasteiger partial charge is 0.313 e. The van der Waals surface area contributed by atoms with Gasteiger partial charge in [0.15, 0.2) is 5.16 Å². The van der Waals surface area contributed by atoms with Crippen molar-refractivity contribution in [3.8, 4) is 0 Å². The molecule has 1 heterocycles. The molecule has 0 saturated heterocycles. The van der Waals surface area contributed by atoms with E-state index in [1.54, 1.807) is 0 Å². The van der Waals surface area contributed by atoms with Crippen molar-refractivity contribution in [3.63, 3.8) is 0 Å². The third-order valence-electron chi connectivity index (χ3n) is 2.91. The molecule has 0 aliphatic carbocycles. The van der Waals surface area contributed by atoms with Gasteiger partial charge in [0.25, 0.3) is 0 Å². The van der Waals surface area contributed by atoms with Gasteiger partial charge in [0.1, 0.15) is 0 Å². The van der Waals surface area contributed by atoms with E-state index in [2.05, 4.69) is 17.1 Å². The molecule has 1 aromatic carbocycles. The van der Waals surface area contributed by atoms with Crippen LogP contribution in [0.15, 0.2) is 35.5 Å². The number of benzene rings is 1. The van der Waals surface area contributed by atoms with Gasteiger partial charge >= 0.3 is 5.97 Å². The minimum Gasteiger partial charge on any atom is -0.481 e. The summed E-state index contributed by atoms with van der Waals surface area (Å²) in [5.41, 5.74) is 1.01. The summed E-state index contributed by atoms with van der Waals surface area (Å²) in [6, 6.07) is 9.88. The molecule has 0 aliphatic heterocycles. The van der Waals surface area contributed by atoms with E-state index < -0.39 is 5.97 Å². The van der Waals surface area contributed by atoms with Crippen LogP contribution in [0.2, 0.25) is 0 Å². The predicted octanol–water partition coefficient (Wildman–Crippen LogP) is 2.63. The van der Waals surface area contributed by atoms with Gasteiger partial charge in [0.05, 0.1) is 5.75 Å². The summed E-state index contributed by atoms with van der Waals surface area (Å²) in [4.78, 5) is 12.7. The number of thioether (sulfide) groups is 1. The number of hydrogen-bond donors (Lipinski definition) is 1. The lowest BCUT2D eigenvalue weighted by Crippen LogP contribution is -2.16. The molecule has 0 atom stereocenters. The highest BCUT2D eigenvalue weighted by molar-refractivity contribution is 7.99. The van der Waals surface area contributed by atoms with Crippen LogP contribution in [0.4, 0.5) is 11.6 Å². The van der Waals surface area contributed by atoms with Crippen molar-refractivity contribution < 1.29 is 9.90 Å². The van der Waals surface area contributed by atoms with E-state index in [0.29, 0.717) is 5.16 Å². The van der Waals surface area contributed by atoms with Crippen LogP contribution >= 0.6 is 11.8 Å². The van der Waals surface area contributed by atoms with E-state index >= 15 is 0 Å². The first-order valence-corrected chi connectivity index (χ1v) is 7.68. The van der Waals surface area contributed by atoms with Crippen molar-refractivity contribution in [1.82, 2.24) is 14.8 Å². The quantitative estimate of drug-likeness (QED) is 0.793. The molecule has 2 aromatic rings. The lowest BCUT2D eigenvalue weighted by Gasteiger charge is -2.19. The Bertz CT molecular complexity index is 600. The fourth-order valence-corrected chi connectivity index (χ4v) is 2.63. The average molecular weight is 306 g/mol. The Morgan fingerprint density at radius 3 is 2.67 bits per heavy atom. The second-order valence-corrected chi connectivity index (χ2v) is 5.45. The van der Waals surface area contributed by atoms with Crippen molar-refractivity contribution in [2.24, 2.45) is 0 Å². The van der Waals surface area contributed by atoms with Crippen molar-refractivity contribution in [3.05, 3.63) is 30.3 Å². The van der Waals surface area contributed by atoms with E-state index in [0.717, 1.165) is 24.6 Å². The number of carbonyl (C=O) groups is 1. The number of aliphatic carboxylic acids is 1. The highest BCUT2D eigenvalue weighted by Crippen LogP contribution is 2.26. The molecule has 21 heavy (non-hydrogen) atoms. The number of hydrogen-bond acceptors (Lipinski definition) is 5. The average Bonchev–Trinajstić information content (AvgIpc) is 2.88. The molecule has 6 nitrogen and oxygen atoms in total. The summed E-state index contributed by atoms with van der Waals surface area (Å²) in [6.07, 6.45) is 0.925. The summed E-state index contributed by atoms with van der Waals surface area (Å²) < 4.78 is 1.96. The zero-order valence-corrected chi connectivity index (χ0v) is 12.9. The third kappa shape index (κ3) is 3.75. The highest BCUT2D eigenvalue weighted by atomic mass is 32.2. The molecule has 0 spiro atoms. The fourth-order valence-electron chi connectivity index (χ4n) is 1.95. The van der Waals surface area contributed by atoms with Gasteiger partial charge in [0, 0.05) is 19.3 Å². The Labute approximate surface area is 127 Å². The lowest BCUT2D eigenvalue weighted by atomic mass is 10.3. The topological polar surface area (TPSA) is 71.2 Å². The Morgan fingerprint density at radius 2 is 2.05 bits per heavy atom. The second-order valence-electron chi connectivity index (χ2n) is 4.51. The lowest BCUT2D eigenvalue weighted by molar-refractivity contribution is -0.133. The first-order valence-electron chi connectivity index (χ1n) is 6.70. The molecule has 2 rings (SSSR count). The Kier molecular flexibility index (Phi) is 5.21. The van der Waals surface area contributed by atoms with Crippen molar-refractivity contribution >= 4 is 29.4 Å². The van der Waals surface area contributed by atoms with Crippen LogP contribution < -0.4 is 4.90 Å². The maximum Gasteiger partial charge on any atom is 0.313 e. The molecular formula is C14H18N4O2S. The van der Waals surface area contributed by atoms with Crippen LogP contribution in [0.1, 0.15) is 13.3 Å². The first-order chi connectivity index (χ1) is 10.1. The van der Waals surface area contributed by atoms with Crippen LogP contribution in [-0.4, -0.2) is 38.6 Å². The zero-order chi connectivity index (χ0) is 15.2. The molecule has 112 valence electrons. The summed E-state index contributed by atoms with van der Waals surface area (Å²) in [6.45, 7) is 2.82. The van der Waals surface area contributed by atoms with Crippen molar-refractivity contribution in [2.75, 3.05) is 17.7 Å². The molecule has 0 unspecified atom stereocenters. The molecule has 0 radical (unpaired) electrons. The Hall–Kier alpha value is -2.02. The van der Waals surface area contributed by atoms with Crippen LogP contribution in [0.3, 0.4) is 0 Å². The minimum absolute atomic E-state index is 0.0170. The minimum atomic E-state index is -0.857.